The van der Waals surface area contributed by atoms with Crippen LogP contribution < -0.4 is 5.48 Å². The number of fused-ring (bicyclic) bond motifs is 1. The van der Waals surface area contributed by atoms with E-state index in [4.69, 9.17) is 5.21 Å². The zero-order valence-corrected chi connectivity index (χ0v) is 13.0. The lowest BCUT2D eigenvalue weighted by Crippen LogP contribution is -2.34. The van der Waals surface area contributed by atoms with E-state index in [1.54, 1.807) is 11.5 Å². The van der Waals surface area contributed by atoms with Gasteiger partial charge in [-0.15, -0.1) is 0 Å². The van der Waals surface area contributed by atoms with Gasteiger partial charge in [0.05, 0.1) is 0 Å². The van der Waals surface area contributed by atoms with Gasteiger partial charge in [0.15, 0.2) is 0 Å². The molecule has 1 aliphatic carbocycles. The predicted molar refractivity (Wildman–Crippen MR) is 81.7 cm³/mol. The Labute approximate surface area is 130 Å². The number of likely N-dealkylation sites (tertiary alicyclic amines) is 1. The summed E-state index contributed by atoms with van der Waals surface area (Å²) in [5, 5.41) is 8.79. The molecule has 0 spiro atoms. The molecule has 1 aliphatic heterocycles. The maximum Gasteiger partial charge on any atom is 0.274 e. The Balaban J connectivity index is 1.88. The minimum absolute atomic E-state index is 0.0242. The first kappa shape index (κ1) is 15.0. The van der Waals surface area contributed by atoms with Crippen LogP contribution in [0.1, 0.15) is 54.1 Å². The molecule has 1 saturated heterocycles. The number of amides is 2. The summed E-state index contributed by atoms with van der Waals surface area (Å²) in [5.74, 6) is -0.0475. The topological polar surface area (TPSA) is 69.6 Å². The molecular formula is C17H22N2O3. The molecule has 5 heteroatoms. The Hall–Kier alpha value is -1.88. The molecule has 1 heterocycles. The SMILES string of the molecule is CC(C)N1CCC(C2CCc3ccc(C(=O)NO)cc32)C1=O. The molecule has 1 aromatic rings. The standard InChI is InChI=1S/C17H22N2O3/c1-10(2)19-8-7-14(17(19)21)13-6-5-11-3-4-12(9-15(11)13)16(20)18-22/h3-4,9-10,13-14,22H,5-8H2,1-2H3,(H,18,20). The summed E-state index contributed by atoms with van der Waals surface area (Å²) in [6, 6.07) is 5.75. The van der Waals surface area contributed by atoms with Gasteiger partial charge in [0, 0.05) is 24.1 Å². The molecule has 2 atom stereocenters. The van der Waals surface area contributed by atoms with Crippen LogP contribution in [0.3, 0.4) is 0 Å². The molecular weight excluding hydrogens is 280 g/mol. The second-order valence-corrected chi connectivity index (χ2v) is 6.52. The van der Waals surface area contributed by atoms with Crippen LogP contribution in [0.25, 0.3) is 0 Å². The fraction of sp³-hybridized carbons (Fsp3) is 0.529. The molecule has 2 aliphatic rings. The van der Waals surface area contributed by atoms with Crippen molar-refractivity contribution >= 4 is 11.8 Å². The summed E-state index contributed by atoms with van der Waals surface area (Å²) in [6.07, 6.45) is 2.80. The molecule has 2 amide bonds. The van der Waals surface area contributed by atoms with E-state index in [0.29, 0.717) is 5.56 Å². The molecule has 0 aromatic heterocycles. The highest BCUT2D eigenvalue weighted by molar-refractivity contribution is 5.93. The van der Waals surface area contributed by atoms with Crippen LogP contribution in [0.4, 0.5) is 0 Å². The number of carbonyl (C=O) groups excluding carboxylic acids is 2. The van der Waals surface area contributed by atoms with E-state index in [0.717, 1.165) is 31.4 Å². The number of hydroxylamine groups is 1. The fourth-order valence-corrected chi connectivity index (χ4v) is 3.87. The molecule has 5 nitrogen and oxygen atoms in total. The number of hydrogen-bond donors (Lipinski definition) is 2. The lowest BCUT2D eigenvalue weighted by Gasteiger charge is -2.23. The van der Waals surface area contributed by atoms with Crippen molar-refractivity contribution < 1.29 is 14.8 Å². The zero-order chi connectivity index (χ0) is 15.9. The Kier molecular flexibility index (Phi) is 3.91. The van der Waals surface area contributed by atoms with Crippen LogP contribution >= 0.6 is 0 Å². The van der Waals surface area contributed by atoms with Crippen LogP contribution in [0.5, 0.6) is 0 Å². The average molecular weight is 302 g/mol. The van der Waals surface area contributed by atoms with Crippen LogP contribution in [-0.4, -0.2) is 34.5 Å². The van der Waals surface area contributed by atoms with Crippen LogP contribution in [0.2, 0.25) is 0 Å². The van der Waals surface area contributed by atoms with Crippen molar-refractivity contribution in [3.63, 3.8) is 0 Å². The zero-order valence-electron chi connectivity index (χ0n) is 13.0. The number of benzene rings is 1. The highest BCUT2D eigenvalue weighted by Crippen LogP contribution is 2.43. The molecule has 1 aromatic carbocycles. The van der Waals surface area contributed by atoms with E-state index in [1.165, 1.54) is 5.56 Å². The summed E-state index contributed by atoms with van der Waals surface area (Å²) >= 11 is 0. The second-order valence-electron chi connectivity index (χ2n) is 6.52. The van der Waals surface area contributed by atoms with Gasteiger partial charge in [0.1, 0.15) is 0 Å². The summed E-state index contributed by atoms with van der Waals surface area (Å²) in [6.45, 7) is 4.92. The van der Waals surface area contributed by atoms with Crippen molar-refractivity contribution in [2.24, 2.45) is 5.92 Å². The summed E-state index contributed by atoms with van der Waals surface area (Å²) in [7, 11) is 0. The number of hydrogen-bond acceptors (Lipinski definition) is 3. The third kappa shape index (κ3) is 2.39. The third-order valence-corrected chi connectivity index (χ3v) is 5.02. The quantitative estimate of drug-likeness (QED) is 0.663. The lowest BCUT2D eigenvalue weighted by molar-refractivity contribution is -0.132. The number of rotatable bonds is 3. The maximum absolute atomic E-state index is 12.6. The third-order valence-electron chi connectivity index (χ3n) is 5.02. The molecule has 0 saturated carbocycles. The van der Waals surface area contributed by atoms with Gasteiger partial charge < -0.3 is 4.90 Å². The minimum Gasteiger partial charge on any atom is -0.340 e. The molecule has 3 rings (SSSR count). The van der Waals surface area contributed by atoms with E-state index < -0.39 is 5.91 Å². The van der Waals surface area contributed by atoms with E-state index in [1.807, 2.05) is 30.9 Å². The number of nitrogens with zero attached hydrogens (tertiary/aromatic N) is 1. The van der Waals surface area contributed by atoms with Crippen LogP contribution in [0, 0.1) is 5.92 Å². The van der Waals surface area contributed by atoms with Crippen molar-refractivity contribution in [3.05, 3.63) is 34.9 Å². The highest BCUT2D eigenvalue weighted by atomic mass is 16.5. The Morgan fingerprint density at radius 1 is 1.32 bits per heavy atom. The van der Waals surface area contributed by atoms with E-state index in [-0.39, 0.29) is 23.8 Å². The van der Waals surface area contributed by atoms with Crippen LogP contribution in [0.15, 0.2) is 18.2 Å². The molecule has 22 heavy (non-hydrogen) atoms. The fourth-order valence-electron chi connectivity index (χ4n) is 3.87. The van der Waals surface area contributed by atoms with Crippen molar-refractivity contribution in [2.45, 2.75) is 45.1 Å². The minimum atomic E-state index is -0.505. The monoisotopic (exact) mass is 302 g/mol. The van der Waals surface area contributed by atoms with Gasteiger partial charge in [-0.1, -0.05) is 6.07 Å². The van der Waals surface area contributed by atoms with E-state index in [9.17, 15) is 9.59 Å². The van der Waals surface area contributed by atoms with Gasteiger partial charge >= 0.3 is 0 Å². The average Bonchev–Trinajstić information content (AvgIpc) is 3.08. The highest BCUT2D eigenvalue weighted by Gasteiger charge is 2.41. The molecule has 2 N–H and O–H groups in total. The van der Waals surface area contributed by atoms with Crippen molar-refractivity contribution in [1.29, 1.82) is 0 Å². The van der Waals surface area contributed by atoms with Gasteiger partial charge in [0.2, 0.25) is 5.91 Å². The second kappa shape index (κ2) is 5.72. The Morgan fingerprint density at radius 3 is 2.73 bits per heavy atom. The molecule has 2 unspecified atom stereocenters. The summed E-state index contributed by atoms with van der Waals surface area (Å²) in [4.78, 5) is 26.2. The van der Waals surface area contributed by atoms with Gasteiger partial charge in [-0.3, -0.25) is 14.8 Å². The first-order valence-corrected chi connectivity index (χ1v) is 7.90. The summed E-state index contributed by atoms with van der Waals surface area (Å²) < 4.78 is 0. The van der Waals surface area contributed by atoms with Gasteiger partial charge in [-0.2, -0.15) is 0 Å². The van der Waals surface area contributed by atoms with Crippen LogP contribution in [-0.2, 0) is 11.2 Å². The normalized spacial score (nSPS) is 24.0. The Bertz CT molecular complexity index is 612. The van der Waals surface area contributed by atoms with E-state index in [2.05, 4.69) is 0 Å². The number of aryl methyl sites for hydroxylation is 1. The molecule has 0 bridgehead atoms. The lowest BCUT2D eigenvalue weighted by atomic mass is 9.85. The molecule has 0 radical (unpaired) electrons. The molecule has 1 fully saturated rings. The van der Waals surface area contributed by atoms with Gasteiger partial charge in [-0.05, 0) is 62.3 Å². The van der Waals surface area contributed by atoms with Crippen molar-refractivity contribution in [3.8, 4) is 0 Å². The Morgan fingerprint density at radius 2 is 2.09 bits per heavy atom. The largest absolute Gasteiger partial charge is 0.340 e. The van der Waals surface area contributed by atoms with Gasteiger partial charge in [0.25, 0.3) is 5.91 Å². The van der Waals surface area contributed by atoms with Crippen molar-refractivity contribution in [1.82, 2.24) is 10.4 Å². The first-order chi connectivity index (χ1) is 10.5. The molecule has 118 valence electrons. The summed E-state index contributed by atoms with van der Waals surface area (Å²) in [5.41, 5.74) is 4.44. The number of carbonyl (C=O) groups is 2. The van der Waals surface area contributed by atoms with E-state index >= 15 is 0 Å². The smallest absolute Gasteiger partial charge is 0.274 e. The van der Waals surface area contributed by atoms with Gasteiger partial charge in [-0.25, -0.2) is 5.48 Å². The number of nitrogens with one attached hydrogen (secondary N) is 1. The van der Waals surface area contributed by atoms with Crippen molar-refractivity contribution in [2.75, 3.05) is 6.54 Å². The maximum atomic E-state index is 12.6. The first-order valence-electron chi connectivity index (χ1n) is 7.90. The predicted octanol–water partition coefficient (Wildman–Crippen LogP) is 2.09.